The molecule has 0 saturated carbocycles. The van der Waals surface area contributed by atoms with Gasteiger partial charge in [-0.1, -0.05) is 236 Å². The van der Waals surface area contributed by atoms with Gasteiger partial charge in [-0.05, 0) is 64.2 Å². The summed E-state index contributed by atoms with van der Waals surface area (Å²) in [5, 5.41) is 56.8. The van der Waals surface area contributed by atoms with Crippen LogP contribution in [-0.4, -0.2) is 99.6 Å². The van der Waals surface area contributed by atoms with Crippen molar-refractivity contribution in [2.24, 2.45) is 0 Å². The number of aliphatic hydroxyl groups is 5. The van der Waals surface area contributed by atoms with Crippen LogP contribution in [0.3, 0.4) is 0 Å². The van der Waals surface area contributed by atoms with Crippen LogP contribution >= 0.6 is 0 Å². The fraction of sp³-hybridized carbons (Fsp3) is 0.833. The predicted molar refractivity (Wildman–Crippen MR) is 292 cm³/mol. The zero-order valence-electron chi connectivity index (χ0n) is 45.6. The number of ether oxygens (including phenoxy) is 3. The fourth-order valence-electron chi connectivity index (χ4n) is 9.01. The zero-order chi connectivity index (χ0) is 51.8. The van der Waals surface area contributed by atoms with Crippen molar-refractivity contribution >= 4 is 11.9 Å². The second-order valence-corrected chi connectivity index (χ2v) is 20.4. The number of rotatable bonds is 49. The molecule has 0 aromatic heterocycles. The molecule has 414 valence electrons. The summed E-state index contributed by atoms with van der Waals surface area (Å²) in [5.41, 5.74) is 0. The van der Waals surface area contributed by atoms with Gasteiger partial charge in [-0.3, -0.25) is 9.59 Å². The van der Waals surface area contributed by atoms with Crippen LogP contribution in [0.25, 0.3) is 0 Å². The molecule has 0 spiro atoms. The molecule has 0 radical (unpaired) electrons. The first-order valence-corrected chi connectivity index (χ1v) is 29.4. The van der Waals surface area contributed by atoms with Crippen molar-refractivity contribution in [3.63, 3.8) is 0 Å². The first kappa shape index (κ1) is 66.6. The number of carbonyl (C=O) groups is 2. The molecule has 6 N–H and O–H groups in total. The summed E-state index contributed by atoms with van der Waals surface area (Å²) in [6, 6.07) is -1.03. The van der Waals surface area contributed by atoms with Gasteiger partial charge >= 0.3 is 5.97 Å². The Bertz CT molecular complexity index is 1340. The van der Waals surface area contributed by atoms with E-state index in [1.54, 1.807) is 6.08 Å². The van der Waals surface area contributed by atoms with E-state index in [1.165, 1.54) is 135 Å². The maximum Gasteiger partial charge on any atom is 0.306 e. The lowest BCUT2D eigenvalue weighted by Gasteiger charge is -2.41. The molecule has 0 bridgehead atoms. The lowest BCUT2D eigenvalue weighted by atomic mass is 9.99. The van der Waals surface area contributed by atoms with E-state index in [9.17, 15) is 35.1 Å². The largest absolute Gasteiger partial charge is 0.454 e. The van der Waals surface area contributed by atoms with E-state index in [0.29, 0.717) is 12.8 Å². The average Bonchev–Trinajstić information content (AvgIpc) is 3.37. The van der Waals surface area contributed by atoms with Crippen LogP contribution < -0.4 is 5.32 Å². The van der Waals surface area contributed by atoms with Crippen molar-refractivity contribution < 1.29 is 49.3 Å². The molecule has 11 heteroatoms. The highest BCUT2D eigenvalue weighted by Crippen LogP contribution is 2.26. The Morgan fingerprint density at radius 1 is 0.549 bits per heavy atom. The van der Waals surface area contributed by atoms with E-state index in [-0.39, 0.29) is 19.4 Å². The molecule has 1 fully saturated rings. The third-order valence-electron chi connectivity index (χ3n) is 13.7. The number of hydrogen-bond acceptors (Lipinski definition) is 10. The molecule has 1 aliphatic heterocycles. The fourth-order valence-corrected chi connectivity index (χ4v) is 9.01. The van der Waals surface area contributed by atoms with Crippen molar-refractivity contribution in [3.8, 4) is 0 Å². The van der Waals surface area contributed by atoms with Gasteiger partial charge in [0, 0.05) is 6.42 Å². The molecule has 0 aliphatic carbocycles. The summed E-state index contributed by atoms with van der Waals surface area (Å²) < 4.78 is 17.6. The van der Waals surface area contributed by atoms with Gasteiger partial charge in [-0.25, -0.2) is 0 Å². The number of amides is 1. The molecule has 8 atom stereocenters. The molecule has 1 saturated heterocycles. The highest BCUT2D eigenvalue weighted by atomic mass is 16.7. The second-order valence-electron chi connectivity index (χ2n) is 20.4. The first-order valence-electron chi connectivity index (χ1n) is 29.4. The lowest BCUT2D eigenvalue weighted by molar-refractivity contribution is -0.305. The van der Waals surface area contributed by atoms with Crippen molar-refractivity contribution in [1.82, 2.24) is 5.32 Å². The van der Waals surface area contributed by atoms with Crippen molar-refractivity contribution in [3.05, 3.63) is 48.6 Å². The third-order valence-corrected chi connectivity index (χ3v) is 13.7. The normalized spacial score (nSPS) is 19.9. The highest BCUT2D eigenvalue weighted by molar-refractivity contribution is 5.80. The van der Waals surface area contributed by atoms with Gasteiger partial charge in [0.05, 0.1) is 25.4 Å². The molecule has 8 unspecified atom stereocenters. The number of esters is 1. The molecule has 1 aliphatic rings. The van der Waals surface area contributed by atoms with Gasteiger partial charge < -0.3 is 45.1 Å². The number of aliphatic hydroxyl groups excluding tert-OH is 5. The van der Waals surface area contributed by atoms with Crippen LogP contribution in [0.4, 0.5) is 0 Å². The first-order chi connectivity index (χ1) is 34.7. The van der Waals surface area contributed by atoms with E-state index in [0.717, 1.165) is 77.0 Å². The molecule has 71 heavy (non-hydrogen) atoms. The summed E-state index contributed by atoms with van der Waals surface area (Å²) in [5.74, 6) is -1.21. The molecular formula is C60H109NO10. The monoisotopic (exact) mass is 1000 g/mol. The molecular weight excluding hydrogens is 895 g/mol. The minimum Gasteiger partial charge on any atom is -0.454 e. The van der Waals surface area contributed by atoms with Crippen LogP contribution in [0.5, 0.6) is 0 Å². The maximum atomic E-state index is 13.4. The maximum absolute atomic E-state index is 13.4. The lowest BCUT2D eigenvalue weighted by Crippen LogP contribution is -2.61. The van der Waals surface area contributed by atoms with Crippen molar-refractivity contribution in [2.45, 2.75) is 307 Å². The van der Waals surface area contributed by atoms with Crippen LogP contribution in [0.15, 0.2) is 48.6 Å². The predicted octanol–water partition coefficient (Wildman–Crippen LogP) is 13.3. The minimum absolute atomic E-state index is 0.123. The second kappa shape index (κ2) is 48.6. The van der Waals surface area contributed by atoms with Gasteiger partial charge in [0.15, 0.2) is 12.4 Å². The molecule has 0 aromatic carbocycles. The van der Waals surface area contributed by atoms with E-state index in [4.69, 9.17) is 14.2 Å². The number of hydrogen-bond donors (Lipinski definition) is 6. The summed E-state index contributed by atoms with van der Waals surface area (Å²) in [7, 11) is 0. The van der Waals surface area contributed by atoms with Crippen LogP contribution in [0.2, 0.25) is 0 Å². The number of carbonyl (C=O) groups excluding carboxylic acids is 2. The van der Waals surface area contributed by atoms with E-state index >= 15 is 0 Å². The topological polar surface area (TPSA) is 175 Å². The van der Waals surface area contributed by atoms with Gasteiger partial charge in [0.25, 0.3) is 0 Å². The van der Waals surface area contributed by atoms with Gasteiger partial charge in [-0.2, -0.15) is 0 Å². The Morgan fingerprint density at radius 2 is 0.972 bits per heavy atom. The summed E-state index contributed by atoms with van der Waals surface area (Å²) in [4.78, 5) is 26.4. The molecule has 1 amide bonds. The SMILES string of the molecule is CCCCC/C=C\C/C=C\C/C=C\CCCCCC(O)C(=O)NC(COC1OC(CO)C(O)C(O)C1OC(=O)CCCCCCCCCCCCCCC)C(O)/C=C/CCCCCCCCCCCCC. The highest BCUT2D eigenvalue weighted by Gasteiger charge is 2.47. The Morgan fingerprint density at radius 3 is 1.48 bits per heavy atom. The number of allylic oxidation sites excluding steroid dienone is 7. The van der Waals surface area contributed by atoms with E-state index in [1.807, 2.05) is 6.08 Å². The van der Waals surface area contributed by atoms with Gasteiger partial charge in [0.1, 0.15) is 24.4 Å². The Balaban J connectivity index is 2.76. The molecule has 11 nitrogen and oxygen atoms in total. The van der Waals surface area contributed by atoms with E-state index in [2.05, 4.69) is 62.5 Å². The van der Waals surface area contributed by atoms with Gasteiger partial charge in [-0.15, -0.1) is 0 Å². The summed E-state index contributed by atoms with van der Waals surface area (Å²) in [6.45, 7) is 5.74. The average molecular weight is 1000 g/mol. The van der Waals surface area contributed by atoms with Crippen LogP contribution in [0, 0.1) is 0 Å². The quantitative estimate of drug-likeness (QED) is 0.0195. The number of nitrogens with one attached hydrogen (secondary N) is 1. The molecule has 0 aromatic rings. The Kier molecular flexibility index (Phi) is 45.6. The van der Waals surface area contributed by atoms with Crippen molar-refractivity contribution in [2.75, 3.05) is 13.2 Å². The van der Waals surface area contributed by atoms with Gasteiger partial charge in [0.2, 0.25) is 5.91 Å². The molecule has 1 heterocycles. The minimum atomic E-state index is -1.61. The summed E-state index contributed by atoms with van der Waals surface area (Å²) in [6.07, 6.45) is 47.2. The Hall–Kier alpha value is -2.38. The summed E-state index contributed by atoms with van der Waals surface area (Å²) >= 11 is 0. The smallest absolute Gasteiger partial charge is 0.306 e. The zero-order valence-corrected chi connectivity index (χ0v) is 45.6. The number of unbranched alkanes of at least 4 members (excludes halogenated alkanes) is 29. The van der Waals surface area contributed by atoms with Crippen LogP contribution in [-0.2, 0) is 23.8 Å². The Labute approximate surface area is 434 Å². The third kappa shape index (κ3) is 37.1. The van der Waals surface area contributed by atoms with Crippen LogP contribution in [0.1, 0.15) is 258 Å². The van der Waals surface area contributed by atoms with E-state index < -0.39 is 67.4 Å². The molecule has 1 rings (SSSR count). The standard InChI is InChI=1S/C60H109NO10/c1-4-7-10-13-16-19-22-25-26-27-30-32-35-38-41-44-47-53(64)59(68)61-51(52(63)46-43-40-37-34-31-28-23-20-17-14-11-8-5-2)50-69-60-58(57(67)56(66)54(49-62)70-60)71-55(65)48-45-42-39-36-33-29-24-21-18-15-12-9-6-3/h16,19,25-26,30,32,43,46,51-54,56-58,60,62-64,66-67H,4-15,17-18,20-24,27-29,31,33-42,44-45,47-50H2,1-3H3,(H,61,68)/b19-16-,26-25-,32-30-,46-43+. The van der Waals surface area contributed by atoms with Crippen molar-refractivity contribution in [1.29, 1.82) is 0 Å².